The summed E-state index contributed by atoms with van der Waals surface area (Å²) < 4.78 is 10.9. The quantitative estimate of drug-likeness (QED) is 0.840. The summed E-state index contributed by atoms with van der Waals surface area (Å²) in [6.07, 6.45) is 4.34. The second kappa shape index (κ2) is 8.67. The Balaban J connectivity index is 1.70. The van der Waals surface area contributed by atoms with Gasteiger partial charge < -0.3 is 14.8 Å². The standard InChI is InChI=1S/C17H25NO3/c1-2-11-21-16-8-5-14(6-9-16)7-10-17(19)18-15-4-3-12-20-13-15/h5-6,8-9,15H,2-4,7,10-13H2,1H3,(H,18,19)/t15-/m0/s1. The highest BCUT2D eigenvalue weighted by Crippen LogP contribution is 2.14. The van der Waals surface area contributed by atoms with E-state index in [2.05, 4.69) is 12.2 Å². The van der Waals surface area contributed by atoms with Gasteiger partial charge in [0.2, 0.25) is 5.91 Å². The maximum Gasteiger partial charge on any atom is 0.220 e. The molecule has 0 spiro atoms. The first kappa shape index (κ1) is 15.8. The Morgan fingerprint density at radius 1 is 1.38 bits per heavy atom. The first-order valence-electron chi connectivity index (χ1n) is 7.87. The zero-order chi connectivity index (χ0) is 14.9. The number of carbonyl (C=O) groups excluding carboxylic acids is 1. The van der Waals surface area contributed by atoms with E-state index in [4.69, 9.17) is 9.47 Å². The van der Waals surface area contributed by atoms with Crippen LogP contribution in [0.2, 0.25) is 0 Å². The predicted octanol–water partition coefficient (Wildman–Crippen LogP) is 2.70. The van der Waals surface area contributed by atoms with Crippen molar-refractivity contribution in [3.63, 3.8) is 0 Å². The normalized spacial score (nSPS) is 18.2. The van der Waals surface area contributed by atoms with E-state index < -0.39 is 0 Å². The summed E-state index contributed by atoms with van der Waals surface area (Å²) in [6, 6.07) is 8.19. The van der Waals surface area contributed by atoms with E-state index in [1.807, 2.05) is 24.3 Å². The van der Waals surface area contributed by atoms with E-state index in [1.54, 1.807) is 0 Å². The van der Waals surface area contributed by atoms with Gasteiger partial charge in [0.25, 0.3) is 0 Å². The average molecular weight is 291 g/mol. The van der Waals surface area contributed by atoms with Crippen molar-refractivity contribution < 1.29 is 14.3 Å². The van der Waals surface area contributed by atoms with Crippen LogP contribution in [0.1, 0.15) is 38.2 Å². The van der Waals surface area contributed by atoms with Crippen LogP contribution in [0.25, 0.3) is 0 Å². The predicted molar refractivity (Wildman–Crippen MR) is 82.5 cm³/mol. The minimum Gasteiger partial charge on any atom is -0.494 e. The van der Waals surface area contributed by atoms with Gasteiger partial charge in [-0.15, -0.1) is 0 Å². The van der Waals surface area contributed by atoms with Gasteiger partial charge in [-0.05, 0) is 43.4 Å². The molecule has 1 N–H and O–H groups in total. The Kier molecular flexibility index (Phi) is 6.54. The van der Waals surface area contributed by atoms with Crippen LogP contribution in [0.4, 0.5) is 0 Å². The fourth-order valence-corrected chi connectivity index (χ4v) is 2.38. The summed E-state index contributed by atoms with van der Waals surface area (Å²) in [6.45, 7) is 4.30. The molecule has 0 saturated carbocycles. The summed E-state index contributed by atoms with van der Waals surface area (Å²) in [5.74, 6) is 1.00. The highest BCUT2D eigenvalue weighted by molar-refractivity contribution is 5.76. The van der Waals surface area contributed by atoms with Crippen molar-refractivity contribution in [3.8, 4) is 5.75 Å². The van der Waals surface area contributed by atoms with E-state index in [9.17, 15) is 4.79 Å². The number of amides is 1. The number of aryl methyl sites for hydroxylation is 1. The van der Waals surface area contributed by atoms with Gasteiger partial charge in [-0.1, -0.05) is 19.1 Å². The number of hydrogen-bond donors (Lipinski definition) is 1. The van der Waals surface area contributed by atoms with Gasteiger partial charge in [0.1, 0.15) is 5.75 Å². The number of hydrogen-bond acceptors (Lipinski definition) is 3. The molecule has 1 amide bonds. The fourth-order valence-electron chi connectivity index (χ4n) is 2.38. The van der Waals surface area contributed by atoms with Crippen LogP contribution in [-0.4, -0.2) is 31.8 Å². The van der Waals surface area contributed by atoms with Gasteiger partial charge in [-0.3, -0.25) is 4.79 Å². The topological polar surface area (TPSA) is 47.6 Å². The lowest BCUT2D eigenvalue weighted by molar-refractivity contribution is -0.122. The molecule has 0 unspecified atom stereocenters. The Bertz CT molecular complexity index is 424. The Morgan fingerprint density at radius 2 is 2.19 bits per heavy atom. The van der Waals surface area contributed by atoms with Crippen LogP contribution >= 0.6 is 0 Å². The molecule has 1 heterocycles. The molecule has 0 aromatic heterocycles. The lowest BCUT2D eigenvalue weighted by Crippen LogP contribution is -2.40. The average Bonchev–Trinajstić information content (AvgIpc) is 2.53. The minimum atomic E-state index is 0.108. The first-order valence-corrected chi connectivity index (χ1v) is 7.87. The molecule has 0 bridgehead atoms. The Labute approximate surface area is 126 Å². The number of carbonyl (C=O) groups is 1. The highest BCUT2D eigenvalue weighted by Gasteiger charge is 2.15. The van der Waals surface area contributed by atoms with Crippen LogP contribution in [0.3, 0.4) is 0 Å². The molecule has 1 aromatic carbocycles. The monoisotopic (exact) mass is 291 g/mol. The Hall–Kier alpha value is -1.55. The van der Waals surface area contributed by atoms with Crippen LogP contribution in [0.15, 0.2) is 24.3 Å². The van der Waals surface area contributed by atoms with Gasteiger partial charge in [-0.25, -0.2) is 0 Å². The largest absolute Gasteiger partial charge is 0.494 e. The van der Waals surface area contributed by atoms with E-state index >= 15 is 0 Å². The van der Waals surface area contributed by atoms with Gasteiger partial charge in [0.15, 0.2) is 0 Å². The molecule has 1 atom stereocenters. The minimum absolute atomic E-state index is 0.108. The maximum atomic E-state index is 11.9. The molecule has 4 nitrogen and oxygen atoms in total. The zero-order valence-corrected chi connectivity index (χ0v) is 12.8. The van der Waals surface area contributed by atoms with Gasteiger partial charge in [0, 0.05) is 13.0 Å². The third kappa shape index (κ3) is 5.76. The number of benzene rings is 1. The van der Waals surface area contributed by atoms with E-state index in [0.29, 0.717) is 13.0 Å². The third-order valence-corrected chi connectivity index (χ3v) is 3.56. The van der Waals surface area contributed by atoms with Crippen LogP contribution in [0.5, 0.6) is 5.75 Å². The van der Waals surface area contributed by atoms with Gasteiger partial charge >= 0.3 is 0 Å². The molecule has 116 valence electrons. The number of nitrogens with one attached hydrogen (secondary N) is 1. The summed E-state index contributed by atoms with van der Waals surface area (Å²) in [5, 5.41) is 3.04. The fraction of sp³-hybridized carbons (Fsp3) is 0.588. The maximum absolute atomic E-state index is 11.9. The van der Waals surface area contributed by atoms with Crippen LogP contribution in [-0.2, 0) is 16.0 Å². The van der Waals surface area contributed by atoms with E-state index in [-0.39, 0.29) is 11.9 Å². The van der Waals surface area contributed by atoms with Crippen molar-refractivity contribution in [1.82, 2.24) is 5.32 Å². The van der Waals surface area contributed by atoms with Crippen molar-refractivity contribution in [2.75, 3.05) is 19.8 Å². The molecule has 0 radical (unpaired) electrons. The molecule has 2 rings (SSSR count). The molecular weight excluding hydrogens is 266 g/mol. The smallest absolute Gasteiger partial charge is 0.220 e. The van der Waals surface area contributed by atoms with Crippen molar-refractivity contribution in [2.24, 2.45) is 0 Å². The molecule has 1 aliphatic heterocycles. The molecule has 1 saturated heterocycles. The zero-order valence-electron chi connectivity index (χ0n) is 12.8. The van der Waals surface area contributed by atoms with Gasteiger partial charge in [0.05, 0.1) is 19.3 Å². The first-order chi connectivity index (χ1) is 10.3. The second-order valence-corrected chi connectivity index (χ2v) is 5.47. The highest BCUT2D eigenvalue weighted by atomic mass is 16.5. The molecule has 4 heteroatoms. The number of ether oxygens (including phenoxy) is 2. The van der Waals surface area contributed by atoms with Crippen molar-refractivity contribution in [2.45, 2.75) is 45.1 Å². The molecule has 1 fully saturated rings. The summed E-state index contributed by atoms with van der Waals surface area (Å²) in [7, 11) is 0. The molecule has 0 aliphatic carbocycles. The Morgan fingerprint density at radius 3 is 2.86 bits per heavy atom. The summed E-state index contributed by atoms with van der Waals surface area (Å²) in [5.41, 5.74) is 1.16. The molecular formula is C17H25NO3. The van der Waals surface area contributed by atoms with Crippen LogP contribution in [0, 0.1) is 0 Å². The second-order valence-electron chi connectivity index (χ2n) is 5.47. The molecule has 1 aromatic rings. The summed E-state index contributed by atoms with van der Waals surface area (Å²) in [4.78, 5) is 11.9. The molecule has 21 heavy (non-hydrogen) atoms. The van der Waals surface area contributed by atoms with Crippen molar-refractivity contribution in [1.29, 1.82) is 0 Å². The van der Waals surface area contributed by atoms with Crippen LogP contribution < -0.4 is 10.1 Å². The SMILES string of the molecule is CCCOc1ccc(CCC(=O)N[C@H]2CCCOC2)cc1. The summed E-state index contributed by atoms with van der Waals surface area (Å²) >= 11 is 0. The van der Waals surface area contributed by atoms with Crippen molar-refractivity contribution in [3.05, 3.63) is 29.8 Å². The van der Waals surface area contributed by atoms with Gasteiger partial charge in [-0.2, -0.15) is 0 Å². The number of rotatable bonds is 7. The third-order valence-electron chi connectivity index (χ3n) is 3.56. The lowest BCUT2D eigenvalue weighted by atomic mass is 10.1. The van der Waals surface area contributed by atoms with E-state index in [0.717, 1.165) is 50.2 Å². The molecule has 1 aliphatic rings. The van der Waals surface area contributed by atoms with E-state index in [1.165, 1.54) is 0 Å². The lowest BCUT2D eigenvalue weighted by Gasteiger charge is -2.23. The van der Waals surface area contributed by atoms with Crippen molar-refractivity contribution >= 4 is 5.91 Å².